The van der Waals surface area contributed by atoms with E-state index in [1.807, 2.05) is 30.0 Å². The number of piperazine rings is 1. The highest BCUT2D eigenvalue weighted by molar-refractivity contribution is 5.94. The molecule has 9 heteroatoms. The van der Waals surface area contributed by atoms with Crippen LogP contribution in [0.4, 0.5) is 6.01 Å². The molecule has 0 spiro atoms. The Hall–Kier alpha value is -2.58. The zero-order chi connectivity index (χ0) is 18.4. The molecule has 148 valence electrons. The summed E-state index contributed by atoms with van der Waals surface area (Å²) < 4.78 is 5.89. The Morgan fingerprint density at radius 1 is 1.21 bits per heavy atom. The van der Waals surface area contributed by atoms with Crippen LogP contribution in [0.15, 0.2) is 22.6 Å². The maximum atomic E-state index is 12.9. The van der Waals surface area contributed by atoms with E-state index in [-0.39, 0.29) is 18.3 Å². The molecule has 0 atom stereocenters. The Morgan fingerprint density at radius 3 is 2.86 bits per heavy atom. The highest BCUT2D eigenvalue weighted by Gasteiger charge is 2.29. The van der Waals surface area contributed by atoms with Crippen molar-refractivity contribution in [1.82, 2.24) is 25.4 Å². The van der Waals surface area contributed by atoms with Gasteiger partial charge in [0.15, 0.2) is 11.3 Å². The van der Waals surface area contributed by atoms with Crippen molar-refractivity contribution in [3.8, 4) is 0 Å². The summed E-state index contributed by atoms with van der Waals surface area (Å²) in [7, 11) is 0. The fourth-order valence-corrected chi connectivity index (χ4v) is 3.81. The van der Waals surface area contributed by atoms with Gasteiger partial charge in [-0.15, -0.1) is 12.4 Å². The first kappa shape index (κ1) is 18.8. The van der Waals surface area contributed by atoms with Gasteiger partial charge in [0.2, 0.25) is 0 Å². The summed E-state index contributed by atoms with van der Waals surface area (Å²) in [5, 5.41) is 10.6. The van der Waals surface area contributed by atoms with Crippen molar-refractivity contribution in [2.24, 2.45) is 0 Å². The predicted molar refractivity (Wildman–Crippen MR) is 108 cm³/mol. The molecule has 1 aromatic carbocycles. The van der Waals surface area contributed by atoms with E-state index in [1.165, 1.54) is 0 Å². The van der Waals surface area contributed by atoms with E-state index in [0.29, 0.717) is 44.4 Å². The van der Waals surface area contributed by atoms with Crippen LogP contribution < -0.4 is 10.2 Å². The van der Waals surface area contributed by atoms with Gasteiger partial charge in [-0.1, -0.05) is 6.07 Å². The highest BCUT2D eigenvalue weighted by Crippen LogP contribution is 2.24. The number of hydrogen-bond donors (Lipinski definition) is 2. The van der Waals surface area contributed by atoms with Crippen LogP contribution in [0.5, 0.6) is 0 Å². The standard InChI is InChI=1S/C19H22N6O2.ClH/c1-12-2-3-16-15(10-12)21-19(27-16)25-8-6-24(7-9-25)18(26)17-13-11-20-5-4-14(13)22-23-17;/h2-3,10,20H,4-9,11H2,1H3,(H,22,23);1H. The van der Waals surface area contributed by atoms with Gasteiger partial charge in [0.25, 0.3) is 11.9 Å². The number of anilines is 1. The Kier molecular flexibility index (Phi) is 4.99. The Balaban J connectivity index is 0.00000192. The van der Waals surface area contributed by atoms with Gasteiger partial charge in [-0.05, 0) is 24.6 Å². The first-order valence-electron chi connectivity index (χ1n) is 9.37. The first-order valence-corrected chi connectivity index (χ1v) is 9.37. The summed E-state index contributed by atoms with van der Waals surface area (Å²) in [6, 6.07) is 6.63. The summed E-state index contributed by atoms with van der Waals surface area (Å²) >= 11 is 0. The van der Waals surface area contributed by atoms with Gasteiger partial charge in [0.1, 0.15) is 5.52 Å². The average molecular weight is 403 g/mol. The molecule has 5 rings (SSSR count). The van der Waals surface area contributed by atoms with Crippen LogP contribution in [-0.4, -0.2) is 58.7 Å². The van der Waals surface area contributed by atoms with Crippen LogP contribution in [0.25, 0.3) is 11.1 Å². The molecule has 2 aromatic heterocycles. The number of carbonyl (C=O) groups excluding carboxylic acids is 1. The summed E-state index contributed by atoms with van der Waals surface area (Å²) in [6.45, 7) is 6.32. The number of H-pyrrole nitrogens is 1. The lowest BCUT2D eigenvalue weighted by Crippen LogP contribution is -2.49. The summed E-state index contributed by atoms with van der Waals surface area (Å²) in [5.41, 5.74) is 5.49. The zero-order valence-corrected chi connectivity index (χ0v) is 16.5. The number of rotatable bonds is 2. The number of oxazole rings is 1. The van der Waals surface area contributed by atoms with E-state index in [9.17, 15) is 4.79 Å². The molecular formula is C19H23ClN6O2. The molecule has 1 amide bonds. The Morgan fingerprint density at radius 2 is 2.04 bits per heavy atom. The molecule has 2 aliphatic rings. The molecule has 1 fully saturated rings. The molecule has 0 bridgehead atoms. The van der Waals surface area contributed by atoms with Crippen LogP contribution in [0.2, 0.25) is 0 Å². The zero-order valence-electron chi connectivity index (χ0n) is 15.7. The van der Waals surface area contributed by atoms with Crippen LogP contribution in [0, 0.1) is 6.92 Å². The van der Waals surface area contributed by atoms with Crippen molar-refractivity contribution >= 4 is 35.4 Å². The number of nitrogens with zero attached hydrogens (tertiary/aromatic N) is 4. The van der Waals surface area contributed by atoms with Crippen molar-refractivity contribution in [2.75, 3.05) is 37.6 Å². The number of amides is 1. The number of aromatic nitrogens is 3. The van der Waals surface area contributed by atoms with Crippen LogP contribution >= 0.6 is 12.4 Å². The van der Waals surface area contributed by atoms with Crippen molar-refractivity contribution < 1.29 is 9.21 Å². The van der Waals surface area contributed by atoms with Crippen molar-refractivity contribution in [1.29, 1.82) is 0 Å². The minimum absolute atomic E-state index is 0. The van der Waals surface area contributed by atoms with E-state index >= 15 is 0 Å². The third-order valence-corrected chi connectivity index (χ3v) is 5.38. The third kappa shape index (κ3) is 3.22. The number of aryl methyl sites for hydroxylation is 1. The number of fused-ring (bicyclic) bond motifs is 2. The van der Waals surface area contributed by atoms with E-state index < -0.39 is 0 Å². The molecule has 2 N–H and O–H groups in total. The molecular weight excluding hydrogens is 380 g/mol. The van der Waals surface area contributed by atoms with E-state index in [0.717, 1.165) is 40.9 Å². The van der Waals surface area contributed by atoms with Crippen molar-refractivity contribution in [3.05, 3.63) is 40.7 Å². The van der Waals surface area contributed by atoms with E-state index in [1.54, 1.807) is 0 Å². The molecule has 8 nitrogen and oxygen atoms in total. The second kappa shape index (κ2) is 7.44. The lowest BCUT2D eigenvalue weighted by Gasteiger charge is -2.33. The Bertz CT molecular complexity index is 1010. The molecule has 0 aliphatic carbocycles. The molecule has 0 saturated carbocycles. The van der Waals surface area contributed by atoms with Gasteiger partial charge in [-0.25, -0.2) is 0 Å². The quantitative estimate of drug-likeness (QED) is 0.680. The second-order valence-corrected chi connectivity index (χ2v) is 7.20. The number of halogens is 1. The minimum Gasteiger partial charge on any atom is -0.423 e. The van der Waals surface area contributed by atoms with Crippen molar-refractivity contribution in [2.45, 2.75) is 19.9 Å². The van der Waals surface area contributed by atoms with Gasteiger partial charge in [-0.2, -0.15) is 10.1 Å². The van der Waals surface area contributed by atoms with Gasteiger partial charge in [0, 0.05) is 56.9 Å². The monoisotopic (exact) mass is 402 g/mol. The third-order valence-electron chi connectivity index (χ3n) is 5.38. The second-order valence-electron chi connectivity index (χ2n) is 7.20. The fraction of sp³-hybridized carbons (Fsp3) is 0.421. The number of hydrogen-bond acceptors (Lipinski definition) is 6. The maximum absolute atomic E-state index is 12.9. The largest absolute Gasteiger partial charge is 0.423 e. The smallest absolute Gasteiger partial charge is 0.298 e. The lowest BCUT2D eigenvalue weighted by atomic mass is 10.1. The lowest BCUT2D eigenvalue weighted by molar-refractivity contribution is 0.0737. The summed E-state index contributed by atoms with van der Waals surface area (Å²) in [6.07, 6.45) is 0.889. The molecule has 3 aromatic rings. The summed E-state index contributed by atoms with van der Waals surface area (Å²) in [4.78, 5) is 21.5. The van der Waals surface area contributed by atoms with Gasteiger partial charge in [-0.3, -0.25) is 9.89 Å². The molecule has 4 heterocycles. The summed E-state index contributed by atoms with van der Waals surface area (Å²) in [5.74, 6) is 0.00374. The fourth-order valence-electron chi connectivity index (χ4n) is 3.81. The minimum atomic E-state index is 0. The molecule has 2 aliphatic heterocycles. The molecule has 28 heavy (non-hydrogen) atoms. The Labute approximate surface area is 168 Å². The SMILES string of the molecule is Cc1ccc2oc(N3CCN(C(=O)c4n[nH]c5c4CNCC5)CC3)nc2c1.Cl. The van der Waals surface area contributed by atoms with Crippen LogP contribution in [0.3, 0.4) is 0 Å². The van der Waals surface area contributed by atoms with E-state index in [4.69, 9.17) is 4.42 Å². The van der Waals surface area contributed by atoms with Gasteiger partial charge < -0.3 is 19.5 Å². The van der Waals surface area contributed by atoms with Crippen LogP contribution in [0.1, 0.15) is 27.3 Å². The van der Waals surface area contributed by atoms with Crippen molar-refractivity contribution in [3.63, 3.8) is 0 Å². The number of carbonyl (C=O) groups is 1. The topological polar surface area (TPSA) is 90.3 Å². The predicted octanol–water partition coefficient (Wildman–Crippen LogP) is 1.89. The maximum Gasteiger partial charge on any atom is 0.298 e. The first-order chi connectivity index (χ1) is 13.2. The molecule has 1 saturated heterocycles. The number of nitrogens with one attached hydrogen (secondary N) is 2. The van der Waals surface area contributed by atoms with Gasteiger partial charge in [0.05, 0.1) is 0 Å². The van der Waals surface area contributed by atoms with E-state index in [2.05, 4.69) is 25.4 Å². The number of aromatic amines is 1. The van der Waals surface area contributed by atoms with Gasteiger partial charge >= 0.3 is 0 Å². The normalized spacial score (nSPS) is 16.8. The average Bonchev–Trinajstić information content (AvgIpc) is 3.31. The molecule has 0 radical (unpaired) electrons. The molecule has 0 unspecified atom stereocenters. The highest BCUT2D eigenvalue weighted by atomic mass is 35.5. The number of benzene rings is 1. The van der Waals surface area contributed by atoms with Crippen LogP contribution in [-0.2, 0) is 13.0 Å².